The molecule has 2 heterocycles. The summed E-state index contributed by atoms with van der Waals surface area (Å²) >= 11 is 0. The van der Waals surface area contributed by atoms with Crippen molar-refractivity contribution in [1.29, 1.82) is 0 Å². The van der Waals surface area contributed by atoms with Crippen LogP contribution in [0.5, 0.6) is 0 Å². The van der Waals surface area contributed by atoms with Gasteiger partial charge in [0.1, 0.15) is 17.6 Å². The average Bonchev–Trinajstić information content (AvgIpc) is 3.41. The minimum absolute atomic E-state index is 0.261. The van der Waals surface area contributed by atoms with E-state index in [1.165, 1.54) is 12.1 Å². The van der Waals surface area contributed by atoms with Crippen molar-refractivity contribution in [2.45, 2.75) is 25.0 Å². The van der Waals surface area contributed by atoms with Crippen LogP contribution in [0.4, 0.5) is 4.39 Å². The number of hydrogen-bond acceptors (Lipinski definition) is 4. The van der Waals surface area contributed by atoms with Crippen molar-refractivity contribution < 1.29 is 18.4 Å². The molecule has 5 nitrogen and oxygen atoms in total. The lowest BCUT2D eigenvalue weighted by atomic mass is 10.0. The molecular weight excluding hydrogens is 359 g/mol. The van der Waals surface area contributed by atoms with Crippen LogP contribution in [0.25, 0.3) is 0 Å². The van der Waals surface area contributed by atoms with Crippen molar-refractivity contribution in [3.05, 3.63) is 95.7 Å². The van der Waals surface area contributed by atoms with Gasteiger partial charge in [0.05, 0.1) is 12.0 Å². The van der Waals surface area contributed by atoms with Gasteiger partial charge in [0, 0.05) is 12.8 Å². The first-order valence-electron chi connectivity index (χ1n) is 9.04. The standard InChI is InChI=1S/C22H19FN2O3/c23-17-10-8-15(9-11-17)13-18-14-20(28-25-18)22(26)24-21(19-7-4-12-27-19)16-5-2-1-3-6-16/h1-12,20-21H,13-14H2,(H,24,26). The molecule has 1 N–H and O–H groups in total. The minimum Gasteiger partial charge on any atom is -0.467 e. The van der Waals surface area contributed by atoms with Crippen molar-refractivity contribution in [1.82, 2.24) is 5.32 Å². The van der Waals surface area contributed by atoms with Gasteiger partial charge in [-0.05, 0) is 35.4 Å². The molecule has 2 unspecified atom stereocenters. The van der Waals surface area contributed by atoms with Gasteiger partial charge < -0.3 is 14.6 Å². The maximum absolute atomic E-state index is 13.0. The van der Waals surface area contributed by atoms with Gasteiger partial charge in [-0.25, -0.2) is 4.39 Å². The molecule has 0 radical (unpaired) electrons. The lowest BCUT2D eigenvalue weighted by molar-refractivity contribution is -0.131. The van der Waals surface area contributed by atoms with E-state index >= 15 is 0 Å². The molecule has 0 bridgehead atoms. The van der Waals surface area contributed by atoms with E-state index in [0.717, 1.165) is 16.8 Å². The molecule has 1 aliphatic heterocycles. The Morgan fingerprint density at radius 2 is 1.89 bits per heavy atom. The highest BCUT2D eigenvalue weighted by atomic mass is 19.1. The van der Waals surface area contributed by atoms with Crippen molar-refractivity contribution in [2.75, 3.05) is 0 Å². The minimum atomic E-state index is -0.698. The molecule has 1 aliphatic rings. The van der Waals surface area contributed by atoms with Crippen LogP contribution in [0.2, 0.25) is 0 Å². The molecule has 0 saturated carbocycles. The quantitative estimate of drug-likeness (QED) is 0.705. The fraction of sp³-hybridized carbons (Fsp3) is 0.182. The highest BCUT2D eigenvalue weighted by molar-refractivity contribution is 5.94. The second-order valence-electron chi connectivity index (χ2n) is 6.63. The first-order chi connectivity index (χ1) is 13.7. The number of carbonyl (C=O) groups is 1. The molecule has 4 rings (SSSR count). The zero-order chi connectivity index (χ0) is 19.3. The van der Waals surface area contributed by atoms with E-state index in [2.05, 4.69) is 10.5 Å². The summed E-state index contributed by atoms with van der Waals surface area (Å²) in [5.41, 5.74) is 2.58. The van der Waals surface area contributed by atoms with Gasteiger partial charge in [0.25, 0.3) is 5.91 Å². The number of halogens is 1. The second-order valence-corrected chi connectivity index (χ2v) is 6.63. The van der Waals surface area contributed by atoms with E-state index in [-0.39, 0.29) is 11.7 Å². The third-order valence-corrected chi connectivity index (χ3v) is 4.59. The van der Waals surface area contributed by atoms with Crippen LogP contribution in [0.1, 0.15) is 29.3 Å². The van der Waals surface area contributed by atoms with E-state index in [1.54, 1.807) is 24.5 Å². The third kappa shape index (κ3) is 4.11. The lowest BCUT2D eigenvalue weighted by Gasteiger charge is -2.19. The molecule has 0 fully saturated rings. The van der Waals surface area contributed by atoms with E-state index in [1.807, 2.05) is 36.4 Å². The highest BCUT2D eigenvalue weighted by Gasteiger charge is 2.31. The molecule has 0 spiro atoms. The van der Waals surface area contributed by atoms with Crippen LogP contribution >= 0.6 is 0 Å². The van der Waals surface area contributed by atoms with Crippen LogP contribution in [0, 0.1) is 5.82 Å². The van der Waals surface area contributed by atoms with Gasteiger partial charge in [-0.2, -0.15) is 0 Å². The molecule has 3 aromatic rings. The molecule has 28 heavy (non-hydrogen) atoms. The van der Waals surface area contributed by atoms with Crippen molar-refractivity contribution in [3.8, 4) is 0 Å². The van der Waals surface area contributed by atoms with E-state index in [9.17, 15) is 9.18 Å². The Morgan fingerprint density at radius 3 is 2.61 bits per heavy atom. The summed E-state index contributed by atoms with van der Waals surface area (Å²) < 4.78 is 18.5. The number of hydrogen-bond donors (Lipinski definition) is 1. The maximum Gasteiger partial charge on any atom is 0.265 e. The predicted octanol–water partition coefficient (Wildman–Crippen LogP) is 4.01. The van der Waals surface area contributed by atoms with Gasteiger partial charge in [-0.15, -0.1) is 0 Å². The fourth-order valence-corrected chi connectivity index (χ4v) is 3.16. The van der Waals surface area contributed by atoms with Gasteiger partial charge in [-0.3, -0.25) is 4.79 Å². The van der Waals surface area contributed by atoms with E-state index in [0.29, 0.717) is 18.6 Å². The molecule has 1 aromatic heterocycles. The zero-order valence-corrected chi connectivity index (χ0v) is 15.0. The van der Waals surface area contributed by atoms with Crippen LogP contribution in [-0.2, 0) is 16.1 Å². The van der Waals surface area contributed by atoms with Crippen LogP contribution in [0.3, 0.4) is 0 Å². The largest absolute Gasteiger partial charge is 0.467 e. The lowest BCUT2D eigenvalue weighted by Crippen LogP contribution is -2.37. The highest BCUT2D eigenvalue weighted by Crippen LogP contribution is 2.24. The van der Waals surface area contributed by atoms with Crippen LogP contribution < -0.4 is 5.32 Å². The Morgan fingerprint density at radius 1 is 1.11 bits per heavy atom. The molecule has 2 aromatic carbocycles. The summed E-state index contributed by atoms with van der Waals surface area (Å²) in [4.78, 5) is 18.1. The van der Waals surface area contributed by atoms with Gasteiger partial charge >= 0.3 is 0 Å². The molecule has 0 saturated heterocycles. The molecule has 1 amide bonds. The second kappa shape index (κ2) is 8.08. The SMILES string of the molecule is O=C(NC(c1ccccc1)c1ccco1)C1CC(Cc2ccc(F)cc2)=NO1. The summed E-state index contributed by atoms with van der Waals surface area (Å²) in [7, 11) is 0. The third-order valence-electron chi connectivity index (χ3n) is 4.59. The monoisotopic (exact) mass is 378 g/mol. The van der Waals surface area contributed by atoms with Gasteiger partial charge in [-0.1, -0.05) is 47.6 Å². The summed E-state index contributed by atoms with van der Waals surface area (Å²) in [6.07, 6.45) is 1.79. The topological polar surface area (TPSA) is 63.8 Å². The number of carbonyl (C=O) groups excluding carboxylic acids is 1. The number of oxime groups is 1. The molecule has 2 atom stereocenters. The van der Waals surface area contributed by atoms with Crippen LogP contribution in [0.15, 0.2) is 82.6 Å². The molecule has 6 heteroatoms. The number of rotatable bonds is 6. The first-order valence-corrected chi connectivity index (χ1v) is 9.04. The van der Waals surface area contributed by atoms with Crippen LogP contribution in [-0.4, -0.2) is 17.7 Å². The Bertz CT molecular complexity index is 953. The first kappa shape index (κ1) is 18.0. The summed E-state index contributed by atoms with van der Waals surface area (Å²) in [5, 5.41) is 7.03. The number of benzene rings is 2. The Labute approximate surface area is 161 Å². The summed E-state index contributed by atoms with van der Waals surface area (Å²) in [5.74, 6) is 0.101. The van der Waals surface area contributed by atoms with Gasteiger partial charge in [0.15, 0.2) is 0 Å². The Hall–Kier alpha value is -3.41. The summed E-state index contributed by atoms with van der Waals surface area (Å²) in [6, 6.07) is 19.0. The van der Waals surface area contributed by atoms with Crippen molar-refractivity contribution in [3.63, 3.8) is 0 Å². The zero-order valence-electron chi connectivity index (χ0n) is 15.0. The van der Waals surface area contributed by atoms with Crippen molar-refractivity contribution >= 4 is 11.6 Å². The maximum atomic E-state index is 13.0. The molecule has 0 aliphatic carbocycles. The number of furan rings is 1. The smallest absolute Gasteiger partial charge is 0.265 e. The van der Waals surface area contributed by atoms with E-state index in [4.69, 9.17) is 9.25 Å². The Kier molecular flexibility index (Phi) is 5.19. The number of nitrogens with zero attached hydrogens (tertiary/aromatic N) is 1. The Balaban J connectivity index is 1.41. The normalized spacial score (nSPS) is 16.9. The fourth-order valence-electron chi connectivity index (χ4n) is 3.16. The van der Waals surface area contributed by atoms with Crippen molar-refractivity contribution in [2.24, 2.45) is 5.16 Å². The molecular formula is C22H19FN2O3. The van der Waals surface area contributed by atoms with Gasteiger partial charge in [0.2, 0.25) is 6.10 Å². The summed E-state index contributed by atoms with van der Waals surface area (Å²) in [6.45, 7) is 0. The predicted molar refractivity (Wildman–Crippen MR) is 102 cm³/mol. The number of amides is 1. The van der Waals surface area contributed by atoms with E-state index < -0.39 is 12.1 Å². The average molecular weight is 378 g/mol. The molecule has 142 valence electrons. The number of nitrogens with one attached hydrogen (secondary N) is 1.